The fourth-order valence-electron chi connectivity index (χ4n) is 3.08. The summed E-state index contributed by atoms with van der Waals surface area (Å²) in [4.78, 5) is 27.0. The van der Waals surface area contributed by atoms with E-state index in [1.54, 1.807) is 11.8 Å². The van der Waals surface area contributed by atoms with Crippen LogP contribution in [-0.2, 0) is 20.8 Å². The van der Waals surface area contributed by atoms with Gasteiger partial charge in [0.15, 0.2) is 0 Å². The maximum Gasteiger partial charge on any atom is 0.508 e. The molecule has 0 saturated carbocycles. The molecule has 0 aliphatic carbocycles. The number of nitrogens with zero attached hydrogens (tertiary/aromatic N) is 1. The van der Waals surface area contributed by atoms with Gasteiger partial charge in [0.25, 0.3) is 0 Å². The smallest absolute Gasteiger partial charge is 0.444 e. The summed E-state index contributed by atoms with van der Waals surface area (Å²) in [7, 11) is 0. The molecule has 2 aromatic carbocycles. The maximum absolute atomic E-state index is 13.3. The van der Waals surface area contributed by atoms with Gasteiger partial charge in [-0.1, -0.05) is 67.2 Å². The summed E-state index contributed by atoms with van der Waals surface area (Å²) >= 11 is 0. The van der Waals surface area contributed by atoms with E-state index in [1.807, 2.05) is 81.4 Å². The summed E-state index contributed by atoms with van der Waals surface area (Å²) in [6.45, 7) is 11.4. The number of hydrogen-bond donors (Lipinski definition) is 0. The van der Waals surface area contributed by atoms with Gasteiger partial charge in [-0.25, -0.2) is 9.59 Å². The Kier molecular flexibility index (Phi) is 8.67. The average molecular weight is 426 g/mol. The minimum atomic E-state index is -0.849. The third kappa shape index (κ3) is 7.48. The van der Waals surface area contributed by atoms with Crippen molar-refractivity contribution in [1.82, 2.24) is 4.90 Å². The molecule has 0 aliphatic rings. The monoisotopic (exact) mass is 425 g/mol. The molecule has 2 aromatic rings. The molecule has 166 valence electrons. The predicted octanol–water partition coefficient (Wildman–Crippen LogP) is 5.89. The molecule has 0 spiro atoms. The molecule has 6 nitrogen and oxygen atoms in total. The zero-order valence-electron chi connectivity index (χ0n) is 18.6. The van der Waals surface area contributed by atoms with E-state index in [0.29, 0.717) is 0 Å². The number of ether oxygens (including phenoxy) is 3. The van der Waals surface area contributed by atoms with Crippen LogP contribution in [0.3, 0.4) is 0 Å². The van der Waals surface area contributed by atoms with Crippen LogP contribution in [0.5, 0.6) is 0 Å². The van der Waals surface area contributed by atoms with Crippen molar-refractivity contribution in [2.75, 3.05) is 6.61 Å². The highest BCUT2D eigenvalue weighted by Crippen LogP contribution is 2.31. The Bertz CT molecular complexity index is 845. The zero-order chi connectivity index (χ0) is 22.9. The molecule has 6 heteroatoms. The van der Waals surface area contributed by atoms with Gasteiger partial charge in [-0.2, -0.15) is 0 Å². The number of hydrogen-bond acceptors (Lipinski definition) is 5. The topological polar surface area (TPSA) is 65.1 Å². The van der Waals surface area contributed by atoms with E-state index in [9.17, 15) is 9.59 Å². The molecule has 0 heterocycles. The highest BCUT2D eigenvalue weighted by Gasteiger charge is 2.36. The average Bonchev–Trinajstić information content (AvgIpc) is 2.73. The summed E-state index contributed by atoms with van der Waals surface area (Å²) in [5, 5.41) is 0. The molecular weight excluding hydrogens is 394 g/mol. The van der Waals surface area contributed by atoms with Crippen molar-refractivity contribution >= 4 is 12.2 Å². The van der Waals surface area contributed by atoms with Crippen LogP contribution in [0.25, 0.3) is 0 Å². The van der Waals surface area contributed by atoms with Crippen LogP contribution in [-0.4, -0.2) is 35.5 Å². The number of amides is 1. The lowest BCUT2D eigenvalue weighted by Gasteiger charge is -2.36. The van der Waals surface area contributed by atoms with Gasteiger partial charge in [0.1, 0.15) is 17.7 Å². The molecule has 0 radical (unpaired) electrons. The van der Waals surface area contributed by atoms with E-state index in [1.165, 1.54) is 6.08 Å². The standard InChI is InChI=1S/C25H31NO5/c1-6-21(30-24(28)29-7-2)22(20-16-12-9-13-17-20)26(23(27)31-25(3,4)5)18-19-14-10-8-11-15-19/h6,8-17,21-22H,1,7,18H2,2-5H3/t21?,22-/m1/s1. The van der Waals surface area contributed by atoms with E-state index < -0.39 is 30.0 Å². The Morgan fingerprint density at radius 3 is 2.13 bits per heavy atom. The lowest BCUT2D eigenvalue weighted by atomic mass is 9.98. The molecule has 1 amide bonds. The minimum Gasteiger partial charge on any atom is -0.444 e. The van der Waals surface area contributed by atoms with Gasteiger partial charge in [0.05, 0.1) is 6.61 Å². The first-order valence-electron chi connectivity index (χ1n) is 10.3. The van der Waals surface area contributed by atoms with Crippen LogP contribution in [0.15, 0.2) is 73.3 Å². The molecule has 0 N–H and O–H groups in total. The van der Waals surface area contributed by atoms with E-state index in [0.717, 1.165) is 11.1 Å². The molecule has 0 fully saturated rings. The second-order valence-electron chi connectivity index (χ2n) is 7.95. The highest BCUT2D eigenvalue weighted by molar-refractivity contribution is 5.69. The molecule has 0 aliphatic heterocycles. The number of benzene rings is 2. The Hall–Kier alpha value is -3.28. The van der Waals surface area contributed by atoms with Crippen molar-refractivity contribution in [3.8, 4) is 0 Å². The van der Waals surface area contributed by atoms with E-state index in [-0.39, 0.29) is 13.2 Å². The Morgan fingerprint density at radius 2 is 1.61 bits per heavy atom. The van der Waals surface area contributed by atoms with Crippen LogP contribution in [0.4, 0.5) is 9.59 Å². The molecule has 2 atom stereocenters. The quantitative estimate of drug-likeness (QED) is 0.390. The Balaban J connectivity index is 2.51. The molecule has 0 bridgehead atoms. The van der Waals surface area contributed by atoms with Gasteiger partial charge in [0.2, 0.25) is 0 Å². The van der Waals surface area contributed by atoms with E-state index in [4.69, 9.17) is 14.2 Å². The summed E-state index contributed by atoms with van der Waals surface area (Å²) in [6, 6.07) is 18.3. The normalized spacial score (nSPS) is 12.9. The van der Waals surface area contributed by atoms with Crippen LogP contribution < -0.4 is 0 Å². The SMILES string of the molecule is C=CC(OC(=O)OCC)[C@@H](c1ccccc1)N(Cc1ccccc1)C(=O)OC(C)(C)C. The van der Waals surface area contributed by atoms with E-state index in [2.05, 4.69) is 6.58 Å². The van der Waals surface area contributed by atoms with Gasteiger partial charge >= 0.3 is 12.2 Å². The van der Waals surface area contributed by atoms with Crippen molar-refractivity contribution in [3.63, 3.8) is 0 Å². The van der Waals surface area contributed by atoms with Crippen LogP contribution in [0.2, 0.25) is 0 Å². The fourth-order valence-corrected chi connectivity index (χ4v) is 3.08. The molecule has 31 heavy (non-hydrogen) atoms. The first-order valence-corrected chi connectivity index (χ1v) is 10.3. The largest absolute Gasteiger partial charge is 0.508 e. The van der Waals surface area contributed by atoms with Gasteiger partial charge < -0.3 is 14.2 Å². The van der Waals surface area contributed by atoms with Crippen LogP contribution in [0, 0.1) is 0 Å². The highest BCUT2D eigenvalue weighted by atomic mass is 16.7. The molecule has 2 rings (SSSR count). The Morgan fingerprint density at radius 1 is 1.03 bits per heavy atom. The second-order valence-corrected chi connectivity index (χ2v) is 7.95. The van der Waals surface area contributed by atoms with E-state index >= 15 is 0 Å². The van der Waals surface area contributed by atoms with Crippen molar-refractivity contribution < 1.29 is 23.8 Å². The maximum atomic E-state index is 13.3. The van der Waals surface area contributed by atoms with Crippen LogP contribution in [0.1, 0.15) is 44.9 Å². The van der Waals surface area contributed by atoms with Crippen molar-refractivity contribution in [2.24, 2.45) is 0 Å². The van der Waals surface area contributed by atoms with Crippen molar-refractivity contribution in [1.29, 1.82) is 0 Å². The number of carbonyl (C=O) groups excluding carboxylic acids is 2. The van der Waals surface area contributed by atoms with Gasteiger partial charge in [-0.05, 0) is 44.9 Å². The molecule has 1 unspecified atom stereocenters. The molecule has 0 aromatic heterocycles. The second kappa shape index (κ2) is 11.2. The number of carbonyl (C=O) groups is 2. The molecular formula is C25H31NO5. The van der Waals surface area contributed by atoms with Gasteiger partial charge in [-0.15, -0.1) is 0 Å². The molecule has 0 saturated heterocycles. The Labute approximate surface area is 184 Å². The van der Waals surface area contributed by atoms with Crippen molar-refractivity contribution in [3.05, 3.63) is 84.4 Å². The fraction of sp³-hybridized carbons (Fsp3) is 0.360. The summed E-state index contributed by atoms with van der Waals surface area (Å²) in [5.41, 5.74) is 0.991. The first-order chi connectivity index (χ1) is 14.7. The number of rotatable bonds is 8. The van der Waals surface area contributed by atoms with Gasteiger partial charge in [0, 0.05) is 6.54 Å². The summed E-state index contributed by atoms with van der Waals surface area (Å²) < 4.78 is 16.2. The first kappa shape index (κ1) is 24.0. The lowest BCUT2D eigenvalue weighted by molar-refractivity contribution is -0.0188. The van der Waals surface area contributed by atoms with Gasteiger partial charge in [-0.3, -0.25) is 4.90 Å². The van der Waals surface area contributed by atoms with Crippen LogP contribution >= 0.6 is 0 Å². The summed E-state index contributed by atoms with van der Waals surface area (Å²) in [5.74, 6) is 0. The lowest BCUT2D eigenvalue weighted by Crippen LogP contribution is -2.44. The predicted molar refractivity (Wildman–Crippen MR) is 119 cm³/mol. The third-order valence-corrected chi connectivity index (χ3v) is 4.34. The summed E-state index contributed by atoms with van der Waals surface area (Å²) in [6.07, 6.45) is -0.698. The third-order valence-electron chi connectivity index (χ3n) is 4.34. The zero-order valence-corrected chi connectivity index (χ0v) is 18.6. The minimum absolute atomic E-state index is 0.179. The van der Waals surface area contributed by atoms with Crippen molar-refractivity contribution in [2.45, 2.75) is 52.0 Å².